The molecule has 3 aromatic rings. The second kappa shape index (κ2) is 5.48. The van der Waals surface area contributed by atoms with E-state index in [0.717, 1.165) is 21.9 Å². The predicted molar refractivity (Wildman–Crippen MR) is 86.2 cm³/mol. The molecule has 6 heteroatoms. The Balaban J connectivity index is 1.62. The van der Waals surface area contributed by atoms with Crippen molar-refractivity contribution >= 4 is 22.4 Å². The molecule has 2 heterocycles. The van der Waals surface area contributed by atoms with Crippen LogP contribution < -0.4 is 10.1 Å². The number of amides is 1. The van der Waals surface area contributed by atoms with Gasteiger partial charge in [0, 0.05) is 11.1 Å². The van der Waals surface area contributed by atoms with Crippen molar-refractivity contribution in [2.24, 2.45) is 0 Å². The molecule has 4 rings (SSSR count). The maximum atomic E-state index is 12.9. The van der Waals surface area contributed by atoms with Crippen molar-refractivity contribution in [2.45, 2.75) is 6.61 Å². The fraction of sp³-hybridized carbons (Fsp3) is 0.0588. The van der Waals surface area contributed by atoms with Crippen LogP contribution in [-0.4, -0.2) is 10.9 Å². The average molecular weight is 326 g/mol. The number of hydrogen-bond acceptors (Lipinski definition) is 4. The van der Waals surface area contributed by atoms with Gasteiger partial charge in [-0.15, -0.1) is 0 Å². The minimum atomic E-state index is -0.375. The molecule has 0 spiro atoms. The van der Waals surface area contributed by atoms with Gasteiger partial charge in [0.1, 0.15) is 18.2 Å². The van der Waals surface area contributed by atoms with E-state index >= 15 is 0 Å². The molecule has 4 nitrogen and oxygen atoms in total. The highest BCUT2D eigenvalue weighted by Crippen LogP contribution is 2.40. The molecule has 0 saturated carbocycles. The molecule has 0 saturated heterocycles. The zero-order chi connectivity index (χ0) is 15.8. The van der Waals surface area contributed by atoms with Crippen molar-refractivity contribution in [3.05, 3.63) is 64.8 Å². The topological polar surface area (TPSA) is 51.2 Å². The molecular formula is C17H11FN2O2S. The Kier molecular flexibility index (Phi) is 3.31. The second-order valence-corrected chi connectivity index (χ2v) is 6.12. The Hall–Kier alpha value is -2.73. The monoisotopic (exact) mass is 326 g/mol. The number of fused-ring (bicyclic) bond motifs is 3. The Morgan fingerprint density at radius 3 is 2.78 bits per heavy atom. The number of halogens is 1. The fourth-order valence-electron chi connectivity index (χ4n) is 2.42. The number of rotatable bonds is 2. The van der Waals surface area contributed by atoms with E-state index in [1.807, 2.05) is 24.3 Å². The van der Waals surface area contributed by atoms with Gasteiger partial charge in [0.25, 0.3) is 5.91 Å². The zero-order valence-corrected chi connectivity index (χ0v) is 12.7. The van der Waals surface area contributed by atoms with Gasteiger partial charge >= 0.3 is 0 Å². The third kappa shape index (κ3) is 2.57. The summed E-state index contributed by atoms with van der Waals surface area (Å²) in [6, 6.07) is 13.1. The number of hydrogen-bond donors (Lipinski definition) is 1. The SMILES string of the molecule is O=C(Nc1nc2c(s1)COc1ccccc1-2)c1ccc(F)cc1. The summed E-state index contributed by atoms with van der Waals surface area (Å²) in [6.07, 6.45) is 0. The lowest BCUT2D eigenvalue weighted by Crippen LogP contribution is -2.11. The van der Waals surface area contributed by atoms with Crippen molar-refractivity contribution in [1.82, 2.24) is 4.98 Å². The summed E-state index contributed by atoms with van der Waals surface area (Å²) in [6.45, 7) is 0.441. The van der Waals surface area contributed by atoms with Crippen LogP contribution in [0.4, 0.5) is 9.52 Å². The van der Waals surface area contributed by atoms with Crippen molar-refractivity contribution in [1.29, 1.82) is 0 Å². The van der Waals surface area contributed by atoms with Crippen LogP contribution in [0.5, 0.6) is 5.75 Å². The molecule has 1 aromatic heterocycles. The molecule has 0 aliphatic carbocycles. The molecule has 0 radical (unpaired) electrons. The third-order valence-corrected chi connectivity index (χ3v) is 4.47. The number of aromatic nitrogens is 1. The molecular weight excluding hydrogens is 315 g/mol. The normalized spacial score (nSPS) is 12.0. The Labute approximate surface area is 135 Å². The van der Waals surface area contributed by atoms with Crippen LogP contribution in [0.3, 0.4) is 0 Å². The number of benzene rings is 2. The van der Waals surface area contributed by atoms with Crippen LogP contribution in [0.15, 0.2) is 48.5 Å². The maximum Gasteiger partial charge on any atom is 0.257 e. The van der Waals surface area contributed by atoms with Gasteiger partial charge in [-0.1, -0.05) is 23.5 Å². The number of carbonyl (C=O) groups excluding carboxylic acids is 1. The van der Waals surface area contributed by atoms with E-state index in [4.69, 9.17) is 4.74 Å². The standard InChI is InChI=1S/C17H11FN2O2S/c18-11-7-5-10(6-8-11)16(21)20-17-19-15-12-3-1-2-4-13(12)22-9-14(15)23-17/h1-8H,9H2,(H,19,20,21). The molecule has 1 amide bonds. The maximum absolute atomic E-state index is 12.9. The van der Waals surface area contributed by atoms with Crippen LogP contribution in [0, 0.1) is 5.82 Å². The quantitative estimate of drug-likeness (QED) is 0.771. The van der Waals surface area contributed by atoms with Crippen molar-refractivity contribution in [3.63, 3.8) is 0 Å². The first kappa shape index (κ1) is 13.9. The number of nitrogens with one attached hydrogen (secondary N) is 1. The third-order valence-electron chi connectivity index (χ3n) is 3.53. The van der Waals surface area contributed by atoms with Crippen LogP contribution in [0.2, 0.25) is 0 Å². The molecule has 1 aliphatic heterocycles. The first-order valence-electron chi connectivity index (χ1n) is 6.99. The minimum Gasteiger partial charge on any atom is -0.487 e. The van der Waals surface area contributed by atoms with Gasteiger partial charge in [0.15, 0.2) is 5.13 Å². The van der Waals surface area contributed by atoms with E-state index in [2.05, 4.69) is 10.3 Å². The van der Waals surface area contributed by atoms with Gasteiger partial charge in [-0.25, -0.2) is 9.37 Å². The molecule has 1 N–H and O–H groups in total. The minimum absolute atomic E-state index is 0.315. The number of nitrogens with zero attached hydrogens (tertiary/aromatic N) is 1. The molecule has 2 aromatic carbocycles. The van der Waals surface area contributed by atoms with Crippen molar-refractivity contribution in [2.75, 3.05) is 5.32 Å². The number of carbonyl (C=O) groups is 1. The molecule has 23 heavy (non-hydrogen) atoms. The van der Waals surface area contributed by atoms with E-state index < -0.39 is 0 Å². The summed E-state index contributed by atoms with van der Waals surface area (Å²) in [5.74, 6) is 0.104. The lowest BCUT2D eigenvalue weighted by Gasteiger charge is -2.15. The van der Waals surface area contributed by atoms with E-state index in [9.17, 15) is 9.18 Å². The molecule has 114 valence electrons. The van der Waals surface area contributed by atoms with E-state index in [1.54, 1.807) is 0 Å². The highest BCUT2D eigenvalue weighted by molar-refractivity contribution is 7.16. The summed E-state index contributed by atoms with van der Waals surface area (Å²) in [5, 5.41) is 3.26. The second-order valence-electron chi connectivity index (χ2n) is 5.04. The Morgan fingerprint density at radius 2 is 1.96 bits per heavy atom. The number of anilines is 1. The lowest BCUT2D eigenvalue weighted by atomic mass is 10.1. The fourth-order valence-corrected chi connectivity index (χ4v) is 3.30. The zero-order valence-electron chi connectivity index (χ0n) is 11.9. The van der Waals surface area contributed by atoms with Crippen LogP contribution in [-0.2, 0) is 6.61 Å². The summed E-state index contributed by atoms with van der Waals surface area (Å²) in [4.78, 5) is 17.7. The van der Waals surface area contributed by atoms with Gasteiger partial charge < -0.3 is 4.74 Å². The molecule has 0 unspecified atom stereocenters. The average Bonchev–Trinajstić information content (AvgIpc) is 2.98. The highest BCUT2D eigenvalue weighted by Gasteiger charge is 2.22. The van der Waals surface area contributed by atoms with Crippen LogP contribution >= 0.6 is 11.3 Å². The largest absolute Gasteiger partial charge is 0.487 e. The smallest absolute Gasteiger partial charge is 0.257 e. The Bertz CT molecular complexity index is 890. The van der Waals surface area contributed by atoms with Crippen LogP contribution in [0.25, 0.3) is 11.3 Å². The summed E-state index contributed by atoms with van der Waals surface area (Å²) < 4.78 is 18.6. The van der Waals surface area contributed by atoms with Crippen molar-refractivity contribution < 1.29 is 13.9 Å². The lowest BCUT2D eigenvalue weighted by molar-refractivity contribution is 0.102. The molecule has 1 aliphatic rings. The number of thiazole rings is 1. The highest BCUT2D eigenvalue weighted by atomic mass is 32.1. The Morgan fingerprint density at radius 1 is 1.17 bits per heavy atom. The first-order chi connectivity index (χ1) is 11.2. The van der Waals surface area contributed by atoms with Crippen LogP contribution in [0.1, 0.15) is 15.2 Å². The number of para-hydroxylation sites is 1. The molecule has 0 bridgehead atoms. The van der Waals surface area contributed by atoms with Gasteiger partial charge in [-0.05, 0) is 36.4 Å². The predicted octanol–water partition coefficient (Wildman–Crippen LogP) is 4.09. The van der Waals surface area contributed by atoms with E-state index in [0.29, 0.717) is 17.3 Å². The summed E-state index contributed by atoms with van der Waals surface area (Å²) >= 11 is 1.38. The van der Waals surface area contributed by atoms with Gasteiger partial charge in [0.2, 0.25) is 0 Å². The summed E-state index contributed by atoms with van der Waals surface area (Å²) in [5.41, 5.74) is 2.15. The van der Waals surface area contributed by atoms with E-state index in [1.165, 1.54) is 35.6 Å². The van der Waals surface area contributed by atoms with Crippen molar-refractivity contribution in [3.8, 4) is 17.0 Å². The van der Waals surface area contributed by atoms with Gasteiger partial charge in [0.05, 0.1) is 10.6 Å². The van der Waals surface area contributed by atoms with E-state index in [-0.39, 0.29) is 11.7 Å². The first-order valence-corrected chi connectivity index (χ1v) is 7.81. The molecule has 0 fully saturated rings. The summed E-state index contributed by atoms with van der Waals surface area (Å²) in [7, 11) is 0. The van der Waals surface area contributed by atoms with Gasteiger partial charge in [-0.2, -0.15) is 0 Å². The molecule has 0 atom stereocenters. The number of ether oxygens (including phenoxy) is 1. The van der Waals surface area contributed by atoms with Gasteiger partial charge in [-0.3, -0.25) is 10.1 Å².